The van der Waals surface area contributed by atoms with E-state index in [1.807, 2.05) is 50.6 Å². The van der Waals surface area contributed by atoms with E-state index in [0.29, 0.717) is 36.6 Å². The Balaban J connectivity index is 1.64. The van der Waals surface area contributed by atoms with Crippen LogP contribution in [0.5, 0.6) is 0 Å². The van der Waals surface area contributed by atoms with E-state index in [0.717, 1.165) is 11.2 Å². The molecule has 0 radical (unpaired) electrons. The third-order valence-corrected chi connectivity index (χ3v) is 7.63. The summed E-state index contributed by atoms with van der Waals surface area (Å²) in [5.74, 6) is 0. The lowest BCUT2D eigenvalue weighted by Gasteiger charge is -2.37. The molecule has 1 aliphatic heterocycles. The van der Waals surface area contributed by atoms with Crippen molar-refractivity contribution in [3.8, 4) is 0 Å². The SMILES string of the molecule is Cn1cc(S(=O)(=O)c2cccc(Cl)c2)c2cccc(N3CCN(C(=O)OC(C)(C)C)CC3)c21. The summed E-state index contributed by atoms with van der Waals surface area (Å²) >= 11 is 6.04. The number of carbonyl (C=O) groups excluding carboxylic acids is 1. The van der Waals surface area contributed by atoms with Gasteiger partial charge in [-0.1, -0.05) is 29.8 Å². The van der Waals surface area contributed by atoms with Crippen molar-refractivity contribution in [2.45, 2.75) is 36.2 Å². The number of halogens is 1. The molecule has 176 valence electrons. The van der Waals surface area contributed by atoms with Crippen LogP contribution < -0.4 is 4.90 Å². The van der Waals surface area contributed by atoms with Crippen LogP contribution in [-0.2, 0) is 21.6 Å². The first-order chi connectivity index (χ1) is 15.5. The second kappa shape index (κ2) is 8.57. The minimum Gasteiger partial charge on any atom is -0.444 e. The molecule has 1 saturated heterocycles. The molecule has 1 aromatic heterocycles. The number of piperazine rings is 1. The van der Waals surface area contributed by atoms with E-state index in [2.05, 4.69) is 4.90 Å². The molecule has 0 spiro atoms. The molecule has 33 heavy (non-hydrogen) atoms. The highest BCUT2D eigenvalue weighted by atomic mass is 35.5. The van der Waals surface area contributed by atoms with E-state index >= 15 is 0 Å². The van der Waals surface area contributed by atoms with Crippen LogP contribution in [0.15, 0.2) is 58.5 Å². The molecule has 0 unspecified atom stereocenters. The maximum Gasteiger partial charge on any atom is 0.410 e. The van der Waals surface area contributed by atoms with Crippen molar-refractivity contribution in [1.82, 2.24) is 9.47 Å². The van der Waals surface area contributed by atoms with Crippen LogP contribution in [0.3, 0.4) is 0 Å². The topological polar surface area (TPSA) is 71.9 Å². The lowest BCUT2D eigenvalue weighted by molar-refractivity contribution is 0.0240. The molecule has 0 saturated carbocycles. The Morgan fingerprint density at radius 1 is 1.03 bits per heavy atom. The number of amides is 1. The number of benzene rings is 2. The van der Waals surface area contributed by atoms with Gasteiger partial charge in [0.2, 0.25) is 9.84 Å². The molecule has 2 aromatic carbocycles. The number of para-hydroxylation sites is 1. The monoisotopic (exact) mass is 489 g/mol. The second-order valence-electron chi connectivity index (χ2n) is 9.19. The van der Waals surface area contributed by atoms with Gasteiger partial charge in [0.1, 0.15) is 5.60 Å². The van der Waals surface area contributed by atoms with Crippen LogP contribution in [-0.4, -0.2) is 55.8 Å². The average molecular weight is 490 g/mol. The first-order valence-corrected chi connectivity index (χ1v) is 12.6. The Labute approximate surface area is 199 Å². The van der Waals surface area contributed by atoms with E-state index in [-0.39, 0.29) is 15.9 Å². The van der Waals surface area contributed by atoms with Gasteiger partial charge in [0.15, 0.2) is 0 Å². The molecule has 1 fully saturated rings. The Morgan fingerprint density at radius 3 is 2.33 bits per heavy atom. The van der Waals surface area contributed by atoms with Crippen LogP contribution in [0.2, 0.25) is 5.02 Å². The molecule has 2 heterocycles. The molecule has 9 heteroatoms. The van der Waals surface area contributed by atoms with Gasteiger partial charge in [-0.3, -0.25) is 0 Å². The second-order valence-corrected chi connectivity index (χ2v) is 11.5. The predicted octanol–water partition coefficient (Wildman–Crippen LogP) is 4.72. The van der Waals surface area contributed by atoms with Crippen molar-refractivity contribution < 1.29 is 17.9 Å². The highest BCUT2D eigenvalue weighted by Crippen LogP contribution is 2.35. The zero-order valence-electron chi connectivity index (χ0n) is 19.2. The van der Waals surface area contributed by atoms with Gasteiger partial charge < -0.3 is 19.1 Å². The molecule has 4 rings (SSSR count). The molecule has 0 aliphatic carbocycles. The van der Waals surface area contributed by atoms with Gasteiger partial charge in [-0.05, 0) is 45.0 Å². The number of fused-ring (bicyclic) bond motifs is 1. The van der Waals surface area contributed by atoms with Gasteiger partial charge in [-0.2, -0.15) is 0 Å². The van der Waals surface area contributed by atoms with Gasteiger partial charge >= 0.3 is 6.09 Å². The fraction of sp³-hybridized carbons (Fsp3) is 0.375. The molecule has 1 amide bonds. The number of nitrogens with zero attached hydrogens (tertiary/aromatic N) is 3. The summed E-state index contributed by atoms with van der Waals surface area (Å²) in [7, 11) is -1.90. The maximum atomic E-state index is 13.4. The predicted molar refractivity (Wildman–Crippen MR) is 130 cm³/mol. The number of aryl methyl sites for hydroxylation is 1. The lowest BCUT2D eigenvalue weighted by atomic mass is 10.2. The number of sulfone groups is 1. The third kappa shape index (κ3) is 4.68. The Bertz CT molecular complexity index is 1300. The normalized spacial score (nSPS) is 15.2. The van der Waals surface area contributed by atoms with Crippen molar-refractivity contribution in [2.24, 2.45) is 7.05 Å². The van der Waals surface area contributed by atoms with Crippen LogP contribution in [0, 0.1) is 0 Å². The molecular weight excluding hydrogens is 462 g/mol. The van der Waals surface area contributed by atoms with Crippen LogP contribution in [0.4, 0.5) is 10.5 Å². The number of aromatic nitrogens is 1. The standard InChI is InChI=1S/C24H28ClN3O4S/c1-24(2,3)32-23(29)28-13-11-27(12-14-28)20-10-6-9-19-21(16-26(4)22(19)20)33(30,31)18-8-5-7-17(25)15-18/h5-10,15-16H,11-14H2,1-4H3. The van der Waals surface area contributed by atoms with Crippen molar-refractivity contribution in [3.63, 3.8) is 0 Å². The molecule has 0 bridgehead atoms. The molecule has 0 N–H and O–H groups in total. The van der Waals surface area contributed by atoms with Crippen LogP contribution >= 0.6 is 11.6 Å². The average Bonchev–Trinajstić information content (AvgIpc) is 3.10. The van der Waals surface area contributed by atoms with E-state index in [1.165, 1.54) is 6.07 Å². The maximum absolute atomic E-state index is 13.4. The van der Waals surface area contributed by atoms with Crippen molar-refractivity contribution >= 4 is 44.1 Å². The number of hydrogen-bond acceptors (Lipinski definition) is 5. The van der Waals surface area contributed by atoms with Crippen LogP contribution in [0.1, 0.15) is 20.8 Å². The van der Waals surface area contributed by atoms with Crippen molar-refractivity contribution in [2.75, 3.05) is 31.1 Å². The quantitative estimate of drug-likeness (QED) is 0.532. The fourth-order valence-corrected chi connectivity index (χ4v) is 5.90. The van der Waals surface area contributed by atoms with Gasteiger partial charge in [0.25, 0.3) is 0 Å². The zero-order chi connectivity index (χ0) is 24.0. The summed E-state index contributed by atoms with van der Waals surface area (Å²) in [4.78, 5) is 16.7. The lowest BCUT2D eigenvalue weighted by Crippen LogP contribution is -2.50. The summed E-state index contributed by atoms with van der Waals surface area (Å²) in [5, 5.41) is 1.03. The number of ether oxygens (including phenoxy) is 1. The number of carbonyl (C=O) groups is 1. The highest BCUT2D eigenvalue weighted by molar-refractivity contribution is 7.91. The van der Waals surface area contributed by atoms with Crippen molar-refractivity contribution in [3.05, 3.63) is 53.7 Å². The van der Waals surface area contributed by atoms with Gasteiger partial charge in [-0.25, -0.2) is 13.2 Å². The van der Waals surface area contributed by atoms with E-state index in [4.69, 9.17) is 16.3 Å². The Hall–Kier alpha value is -2.71. The largest absolute Gasteiger partial charge is 0.444 e. The summed E-state index contributed by atoms with van der Waals surface area (Å²) in [6.07, 6.45) is 1.34. The van der Waals surface area contributed by atoms with Crippen LogP contribution in [0.25, 0.3) is 10.9 Å². The minimum atomic E-state index is -3.75. The van der Waals surface area contributed by atoms with Gasteiger partial charge in [0, 0.05) is 49.8 Å². The highest BCUT2D eigenvalue weighted by Gasteiger charge is 2.29. The first kappa shape index (κ1) is 23.4. The molecule has 7 nitrogen and oxygen atoms in total. The van der Waals surface area contributed by atoms with E-state index in [9.17, 15) is 13.2 Å². The smallest absolute Gasteiger partial charge is 0.410 e. The molecule has 0 atom stereocenters. The van der Waals surface area contributed by atoms with E-state index < -0.39 is 15.4 Å². The summed E-state index contributed by atoms with van der Waals surface area (Å²) in [6, 6.07) is 12.0. The summed E-state index contributed by atoms with van der Waals surface area (Å²) in [5.41, 5.74) is 1.24. The zero-order valence-corrected chi connectivity index (χ0v) is 20.8. The summed E-state index contributed by atoms with van der Waals surface area (Å²) < 4.78 is 34.1. The van der Waals surface area contributed by atoms with Crippen molar-refractivity contribution in [1.29, 1.82) is 0 Å². The molecular formula is C24H28ClN3O4S. The molecule has 1 aliphatic rings. The fourth-order valence-electron chi connectivity index (χ4n) is 4.10. The first-order valence-electron chi connectivity index (χ1n) is 10.8. The van der Waals surface area contributed by atoms with E-state index in [1.54, 1.807) is 29.3 Å². The molecule has 3 aromatic rings. The summed E-state index contributed by atoms with van der Waals surface area (Å²) in [6.45, 7) is 7.87. The van der Waals surface area contributed by atoms with Gasteiger partial charge in [-0.15, -0.1) is 0 Å². The number of rotatable bonds is 3. The van der Waals surface area contributed by atoms with Gasteiger partial charge in [0.05, 0.1) is 21.0 Å². The minimum absolute atomic E-state index is 0.166. The number of anilines is 1. The number of hydrogen-bond donors (Lipinski definition) is 0. The Kier molecular flexibility index (Phi) is 6.09. The Morgan fingerprint density at radius 2 is 1.70 bits per heavy atom. The third-order valence-electron chi connectivity index (χ3n) is 5.61.